The lowest BCUT2D eigenvalue weighted by atomic mass is 9.85. The smallest absolute Gasteiger partial charge is 0.246 e. The summed E-state index contributed by atoms with van der Waals surface area (Å²) in [4.78, 5) is 52.8. The highest BCUT2D eigenvalue weighted by Crippen LogP contribution is 2.32. The summed E-state index contributed by atoms with van der Waals surface area (Å²) in [5.74, 6) is -0.813. The SMILES string of the molecule is Cc1ncsc1-c1ccc([C@H](C)NC(=O)[C@@H]2C[C@@H](O)CN2C(=O)[C@@H](NC(=O)CN2CCC(N(C)c3ccc(-c4cnnc(-c5ccccc5O)c4)cc3)CC2)C(C)(C)C)cc1. The molecule has 0 radical (unpaired) electrons. The Labute approximate surface area is 361 Å². The van der Waals surface area contributed by atoms with Gasteiger partial charge in [-0.25, -0.2) is 4.98 Å². The molecule has 4 heterocycles. The number of piperidine rings is 1. The summed E-state index contributed by atoms with van der Waals surface area (Å²) in [6.45, 7) is 11.2. The second-order valence-electron chi connectivity index (χ2n) is 17.4. The van der Waals surface area contributed by atoms with Gasteiger partial charge in [0.25, 0.3) is 0 Å². The number of nitrogens with one attached hydrogen (secondary N) is 2. The number of hydrogen-bond donors (Lipinski definition) is 4. The molecule has 0 saturated carbocycles. The van der Waals surface area contributed by atoms with Gasteiger partial charge >= 0.3 is 0 Å². The average molecular weight is 845 g/mol. The fraction of sp³-hybridized carbons (Fsp3) is 0.404. The highest BCUT2D eigenvalue weighted by atomic mass is 32.1. The van der Waals surface area contributed by atoms with Crippen LogP contribution in [0.4, 0.5) is 5.69 Å². The van der Waals surface area contributed by atoms with Crippen molar-refractivity contribution in [2.24, 2.45) is 5.41 Å². The molecule has 3 aromatic carbocycles. The van der Waals surface area contributed by atoms with Crippen LogP contribution in [0.1, 0.15) is 64.3 Å². The second kappa shape index (κ2) is 18.5. The first-order valence-corrected chi connectivity index (χ1v) is 21.8. The molecule has 0 unspecified atom stereocenters. The molecule has 3 amide bonds. The van der Waals surface area contributed by atoms with Crippen LogP contribution in [0.3, 0.4) is 0 Å². The Morgan fingerprint density at radius 3 is 2.30 bits per heavy atom. The van der Waals surface area contributed by atoms with Gasteiger partial charge in [-0.3, -0.25) is 19.3 Å². The van der Waals surface area contributed by atoms with Gasteiger partial charge in [-0.1, -0.05) is 69.3 Å². The molecule has 0 aliphatic carbocycles. The van der Waals surface area contributed by atoms with Crippen LogP contribution in [-0.2, 0) is 14.4 Å². The Kier molecular flexibility index (Phi) is 13.2. The van der Waals surface area contributed by atoms with Crippen LogP contribution < -0.4 is 15.5 Å². The molecule has 4 atom stereocenters. The van der Waals surface area contributed by atoms with Gasteiger partial charge in [-0.15, -0.1) is 11.3 Å². The Morgan fingerprint density at radius 1 is 0.951 bits per heavy atom. The number of β-amino-alcohol motifs (C(OH)–C–C–N with tert-alkyl or cyclic N) is 1. The van der Waals surface area contributed by atoms with E-state index in [0.29, 0.717) is 11.3 Å². The number of carbonyl (C=O) groups is 3. The summed E-state index contributed by atoms with van der Waals surface area (Å²) in [5.41, 5.74) is 8.33. The monoisotopic (exact) mass is 844 g/mol. The number of phenolic OH excluding ortho intramolecular Hbond substituents is 1. The van der Waals surface area contributed by atoms with Crippen molar-refractivity contribution in [2.75, 3.05) is 38.1 Å². The predicted octanol–water partition coefficient (Wildman–Crippen LogP) is 6.22. The van der Waals surface area contributed by atoms with Crippen molar-refractivity contribution in [3.63, 3.8) is 0 Å². The maximum atomic E-state index is 14.2. The molecular weight excluding hydrogens is 789 g/mol. The van der Waals surface area contributed by atoms with E-state index in [1.165, 1.54) is 4.90 Å². The molecule has 61 heavy (non-hydrogen) atoms. The van der Waals surface area contributed by atoms with Crippen LogP contribution >= 0.6 is 11.3 Å². The molecule has 0 spiro atoms. The van der Waals surface area contributed by atoms with Gasteiger partial charge in [0.15, 0.2) is 0 Å². The van der Waals surface area contributed by atoms with Crippen molar-refractivity contribution in [3.8, 4) is 38.6 Å². The highest BCUT2D eigenvalue weighted by Gasteiger charge is 2.45. The first-order valence-electron chi connectivity index (χ1n) is 20.9. The number of aromatic hydroxyl groups is 1. The van der Waals surface area contributed by atoms with Crippen LogP contribution in [0.25, 0.3) is 32.8 Å². The van der Waals surface area contributed by atoms with Crippen LogP contribution in [-0.4, -0.2) is 110 Å². The van der Waals surface area contributed by atoms with E-state index in [0.717, 1.165) is 64.4 Å². The van der Waals surface area contributed by atoms with Crippen molar-refractivity contribution in [2.45, 2.75) is 84.2 Å². The molecule has 2 aliphatic rings. The first kappa shape index (κ1) is 43.4. The van der Waals surface area contributed by atoms with Gasteiger partial charge in [-0.05, 0) is 79.1 Å². The molecule has 5 aromatic rings. The van der Waals surface area contributed by atoms with Crippen LogP contribution in [0.2, 0.25) is 0 Å². The number of benzene rings is 3. The second-order valence-corrected chi connectivity index (χ2v) is 18.2. The summed E-state index contributed by atoms with van der Waals surface area (Å²) < 4.78 is 0. The minimum Gasteiger partial charge on any atom is -0.507 e. The van der Waals surface area contributed by atoms with E-state index in [4.69, 9.17) is 0 Å². The number of nitrogens with zero attached hydrogens (tertiary/aromatic N) is 6. The van der Waals surface area contributed by atoms with Crippen molar-refractivity contribution >= 4 is 34.7 Å². The minimum atomic E-state index is -0.896. The highest BCUT2D eigenvalue weighted by molar-refractivity contribution is 7.13. The van der Waals surface area contributed by atoms with E-state index >= 15 is 0 Å². The molecule has 2 aliphatic heterocycles. The summed E-state index contributed by atoms with van der Waals surface area (Å²) in [5, 5.41) is 35.5. The molecule has 0 bridgehead atoms. The topological polar surface area (TPSA) is 164 Å². The number of likely N-dealkylation sites (tertiary alicyclic amines) is 2. The van der Waals surface area contributed by atoms with Gasteiger partial charge < -0.3 is 30.6 Å². The number of hydrogen-bond acceptors (Lipinski definition) is 11. The Hall–Kier alpha value is -5.70. The summed E-state index contributed by atoms with van der Waals surface area (Å²) in [7, 11) is 2.09. The zero-order valence-electron chi connectivity index (χ0n) is 35.7. The quantitative estimate of drug-likeness (QED) is 0.113. The predicted molar refractivity (Wildman–Crippen MR) is 239 cm³/mol. The van der Waals surface area contributed by atoms with Crippen molar-refractivity contribution < 1.29 is 24.6 Å². The Balaban J connectivity index is 0.916. The van der Waals surface area contributed by atoms with Gasteiger partial charge in [0, 0.05) is 56.0 Å². The van der Waals surface area contributed by atoms with Gasteiger partial charge in [0.1, 0.15) is 17.8 Å². The number of carbonyl (C=O) groups excluding carboxylic acids is 3. The van der Waals surface area contributed by atoms with Crippen molar-refractivity contribution in [1.29, 1.82) is 0 Å². The molecule has 7 rings (SSSR count). The van der Waals surface area contributed by atoms with Crippen LogP contribution in [0.15, 0.2) is 90.6 Å². The summed E-state index contributed by atoms with van der Waals surface area (Å²) >= 11 is 1.58. The average Bonchev–Trinajstić information content (AvgIpc) is 3.87. The van der Waals surface area contributed by atoms with E-state index in [9.17, 15) is 24.6 Å². The normalized spacial score (nSPS) is 18.4. The van der Waals surface area contributed by atoms with E-state index in [1.54, 1.807) is 29.7 Å². The number of amides is 3. The number of rotatable bonds is 12. The molecule has 4 N–H and O–H groups in total. The fourth-order valence-corrected chi connectivity index (χ4v) is 9.15. The lowest BCUT2D eigenvalue weighted by molar-refractivity contribution is -0.144. The van der Waals surface area contributed by atoms with E-state index in [2.05, 4.69) is 66.9 Å². The lowest BCUT2D eigenvalue weighted by Gasteiger charge is -2.38. The van der Waals surface area contributed by atoms with Crippen LogP contribution in [0, 0.1) is 12.3 Å². The number of aryl methyl sites for hydroxylation is 1. The van der Waals surface area contributed by atoms with Gasteiger partial charge in [0.2, 0.25) is 17.7 Å². The third-order valence-electron chi connectivity index (χ3n) is 12.0. The molecule has 2 saturated heterocycles. The molecule has 14 heteroatoms. The molecule has 2 fully saturated rings. The standard InChI is InChI=1S/C47H56N8O5S/c1-29(31-11-13-33(14-12-31)43-30(2)48-28-61-43)50-45(59)40-24-37(56)26-55(40)46(60)44(47(3,4)5)51-42(58)27-54-21-19-36(20-22-54)53(6)35-17-15-32(16-18-35)34-23-39(52-49-25-34)38-9-7-8-10-41(38)57/h7-18,23,25,28-29,36-37,40,44,56-57H,19-22,24,26-27H2,1-6H3,(H,50,59)(H,51,58)/t29-,37+,40-,44+/m0/s1. The maximum Gasteiger partial charge on any atom is 0.246 e. The van der Waals surface area contributed by atoms with Crippen molar-refractivity contribution in [3.05, 3.63) is 102 Å². The zero-order valence-corrected chi connectivity index (χ0v) is 36.5. The first-order chi connectivity index (χ1) is 29.2. The van der Waals surface area contributed by atoms with Gasteiger partial charge in [-0.2, -0.15) is 10.2 Å². The zero-order chi connectivity index (χ0) is 43.4. The number of anilines is 1. The lowest BCUT2D eigenvalue weighted by Crippen LogP contribution is -2.59. The Bertz CT molecular complexity index is 2320. The van der Waals surface area contributed by atoms with Gasteiger partial charge in [0.05, 0.1) is 46.7 Å². The van der Waals surface area contributed by atoms with E-state index < -0.39 is 23.6 Å². The number of phenols is 1. The molecule has 2 aromatic heterocycles. The number of aromatic nitrogens is 3. The largest absolute Gasteiger partial charge is 0.507 e. The number of para-hydroxylation sites is 1. The van der Waals surface area contributed by atoms with E-state index in [1.807, 2.05) is 82.6 Å². The molecule has 320 valence electrons. The summed E-state index contributed by atoms with van der Waals surface area (Å²) in [6, 6.07) is 23.5. The van der Waals surface area contributed by atoms with Crippen molar-refractivity contribution in [1.82, 2.24) is 35.6 Å². The third-order valence-corrected chi connectivity index (χ3v) is 13.0. The van der Waals surface area contributed by atoms with E-state index in [-0.39, 0.29) is 55.1 Å². The number of aliphatic hydroxyl groups is 1. The number of aliphatic hydroxyl groups excluding tert-OH is 1. The summed E-state index contributed by atoms with van der Waals surface area (Å²) in [6.07, 6.45) is 2.71. The Morgan fingerprint density at radius 2 is 1.64 bits per heavy atom. The molecular formula is C47H56N8O5S. The minimum absolute atomic E-state index is 0.0158. The maximum absolute atomic E-state index is 14.2. The van der Waals surface area contributed by atoms with Crippen LogP contribution in [0.5, 0.6) is 5.75 Å². The fourth-order valence-electron chi connectivity index (χ4n) is 8.34. The molecule has 13 nitrogen and oxygen atoms in total. The number of thiazole rings is 1. The third kappa shape index (κ3) is 10.1.